The molecule has 1 fully saturated rings. The van der Waals surface area contributed by atoms with Gasteiger partial charge in [0.15, 0.2) is 0 Å². The van der Waals surface area contributed by atoms with Gasteiger partial charge in [-0.25, -0.2) is 0 Å². The van der Waals surface area contributed by atoms with Gasteiger partial charge >= 0.3 is 0 Å². The molecule has 1 atom stereocenters. The van der Waals surface area contributed by atoms with E-state index in [-0.39, 0.29) is 17.9 Å². The van der Waals surface area contributed by atoms with Crippen molar-refractivity contribution in [1.82, 2.24) is 10.2 Å². The zero-order chi connectivity index (χ0) is 19.2. The monoisotopic (exact) mass is 366 g/mol. The van der Waals surface area contributed by atoms with Crippen LogP contribution >= 0.6 is 0 Å². The van der Waals surface area contributed by atoms with Crippen molar-refractivity contribution >= 4 is 11.8 Å². The van der Waals surface area contributed by atoms with E-state index >= 15 is 0 Å². The molecule has 1 saturated heterocycles. The van der Waals surface area contributed by atoms with Crippen molar-refractivity contribution in [3.05, 3.63) is 65.2 Å². The maximum Gasteiger partial charge on any atom is 0.254 e. The van der Waals surface area contributed by atoms with Crippen molar-refractivity contribution < 1.29 is 14.3 Å². The number of carbonyl (C=O) groups excluding carboxylic acids is 2. The van der Waals surface area contributed by atoms with E-state index < -0.39 is 0 Å². The third-order valence-corrected chi connectivity index (χ3v) is 4.83. The minimum atomic E-state index is -0.0644. The summed E-state index contributed by atoms with van der Waals surface area (Å²) in [7, 11) is 0. The lowest BCUT2D eigenvalue weighted by Crippen LogP contribution is -2.30. The van der Waals surface area contributed by atoms with Gasteiger partial charge in [0.2, 0.25) is 5.91 Å². The molecule has 5 heteroatoms. The number of amides is 2. The second-order valence-corrected chi connectivity index (χ2v) is 6.77. The van der Waals surface area contributed by atoms with Crippen LogP contribution in [0.15, 0.2) is 48.5 Å². The lowest BCUT2D eigenvalue weighted by Gasteiger charge is -2.25. The second kappa shape index (κ2) is 8.71. The van der Waals surface area contributed by atoms with Gasteiger partial charge in [-0.1, -0.05) is 24.3 Å². The summed E-state index contributed by atoms with van der Waals surface area (Å²) in [5.41, 5.74) is 2.80. The van der Waals surface area contributed by atoms with E-state index in [2.05, 4.69) is 17.4 Å². The SMILES string of the molecule is CCOc1ccc(C2CCCN2C(=O)c2ccc(CNC(C)=O)cc2)cc1. The Morgan fingerprint density at radius 2 is 1.81 bits per heavy atom. The molecular formula is C22H26N2O3. The minimum Gasteiger partial charge on any atom is -0.494 e. The molecule has 27 heavy (non-hydrogen) atoms. The first-order chi connectivity index (χ1) is 13.1. The third kappa shape index (κ3) is 4.67. The van der Waals surface area contributed by atoms with Crippen LogP contribution in [0.3, 0.4) is 0 Å². The number of ether oxygens (including phenoxy) is 1. The number of hydrogen-bond acceptors (Lipinski definition) is 3. The zero-order valence-electron chi connectivity index (χ0n) is 15.9. The molecule has 1 aliphatic rings. The van der Waals surface area contributed by atoms with Gasteiger partial charge in [-0.05, 0) is 55.2 Å². The molecule has 1 N–H and O–H groups in total. The van der Waals surface area contributed by atoms with Crippen LogP contribution in [0.1, 0.15) is 54.2 Å². The summed E-state index contributed by atoms with van der Waals surface area (Å²) < 4.78 is 5.51. The number of rotatable bonds is 6. The molecule has 0 aliphatic carbocycles. The van der Waals surface area contributed by atoms with E-state index in [1.165, 1.54) is 6.92 Å². The average Bonchev–Trinajstić information content (AvgIpc) is 3.17. The Labute approximate surface area is 160 Å². The van der Waals surface area contributed by atoms with Crippen LogP contribution < -0.4 is 10.1 Å². The van der Waals surface area contributed by atoms with Crippen LogP contribution in [0.2, 0.25) is 0 Å². The number of nitrogens with zero attached hydrogens (tertiary/aromatic N) is 1. The minimum absolute atomic E-state index is 0.0532. The quantitative estimate of drug-likeness (QED) is 0.848. The molecule has 1 heterocycles. The van der Waals surface area contributed by atoms with Crippen molar-refractivity contribution in [2.45, 2.75) is 39.3 Å². The van der Waals surface area contributed by atoms with E-state index in [4.69, 9.17) is 4.74 Å². The molecule has 0 bridgehead atoms. The highest BCUT2D eigenvalue weighted by molar-refractivity contribution is 5.94. The lowest BCUT2D eigenvalue weighted by atomic mass is 10.0. The van der Waals surface area contributed by atoms with E-state index in [9.17, 15) is 9.59 Å². The molecule has 1 unspecified atom stereocenters. The fourth-order valence-corrected chi connectivity index (χ4v) is 3.47. The summed E-state index contributed by atoms with van der Waals surface area (Å²) in [6, 6.07) is 15.6. The molecule has 0 spiro atoms. The van der Waals surface area contributed by atoms with E-state index in [0.717, 1.165) is 36.3 Å². The predicted molar refractivity (Wildman–Crippen MR) is 105 cm³/mol. The van der Waals surface area contributed by atoms with E-state index in [1.54, 1.807) is 0 Å². The molecule has 142 valence electrons. The number of likely N-dealkylation sites (tertiary alicyclic amines) is 1. The fraction of sp³-hybridized carbons (Fsp3) is 0.364. The van der Waals surface area contributed by atoms with Gasteiger partial charge in [-0.3, -0.25) is 9.59 Å². The van der Waals surface area contributed by atoms with Crippen LogP contribution in [0.5, 0.6) is 5.75 Å². The van der Waals surface area contributed by atoms with Crippen molar-refractivity contribution in [3.8, 4) is 5.75 Å². The van der Waals surface area contributed by atoms with Crippen molar-refractivity contribution in [1.29, 1.82) is 0 Å². The molecular weight excluding hydrogens is 340 g/mol. The fourth-order valence-electron chi connectivity index (χ4n) is 3.47. The van der Waals surface area contributed by atoms with Gasteiger partial charge in [0.1, 0.15) is 5.75 Å². The van der Waals surface area contributed by atoms with Crippen LogP contribution in [0.4, 0.5) is 0 Å². The molecule has 1 aliphatic heterocycles. The summed E-state index contributed by atoms with van der Waals surface area (Å²) in [5, 5.41) is 2.76. The summed E-state index contributed by atoms with van der Waals surface area (Å²) in [6.07, 6.45) is 1.98. The number of carbonyl (C=O) groups is 2. The highest BCUT2D eigenvalue weighted by atomic mass is 16.5. The average molecular weight is 366 g/mol. The Bertz CT molecular complexity index is 784. The standard InChI is InChI=1S/C22H26N2O3/c1-3-27-20-12-10-18(11-13-20)21-5-4-14-24(21)22(26)19-8-6-17(7-9-19)15-23-16(2)25/h6-13,21H,3-5,14-15H2,1-2H3,(H,23,25). The normalized spacial score (nSPS) is 16.2. The molecule has 3 rings (SSSR count). The smallest absolute Gasteiger partial charge is 0.254 e. The molecule has 2 aromatic carbocycles. The molecule has 0 saturated carbocycles. The Morgan fingerprint density at radius 1 is 1.11 bits per heavy atom. The Morgan fingerprint density at radius 3 is 2.44 bits per heavy atom. The van der Waals surface area contributed by atoms with Crippen LogP contribution in [0, 0.1) is 0 Å². The maximum absolute atomic E-state index is 13.0. The Hall–Kier alpha value is -2.82. The van der Waals surface area contributed by atoms with Crippen molar-refractivity contribution in [3.63, 3.8) is 0 Å². The van der Waals surface area contributed by atoms with E-state index in [0.29, 0.717) is 18.7 Å². The Balaban J connectivity index is 1.70. The van der Waals surface area contributed by atoms with Crippen molar-refractivity contribution in [2.24, 2.45) is 0 Å². The van der Waals surface area contributed by atoms with Crippen LogP contribution in [-0.2, 0) is 11.3 Å². The van der Waals surface area contributed by atoms with Crippen molar-refractivity contribution in [2.75, 3.05) is 13.2 Å². The van der Waals surface area contributed by atoms with E-state index in [1.807, 2.05) is 48.2 Å². The lowest BCUT2D eigenvalue weighted by molar-refractivity contribution is -0.119. The molecule has 2 aromatic rings. The summed E-state index contributed by atoms with van der Waals surface area (Å²) in [5.74, 6) is 0.842. The predicted octanol–water partition coefficient (Wildman–Crippen LogP) is 3.70. The Kier molecular flexibility index (Phi) is 6.12. The van der Waals surface area contributed by atoms with Crippen LogP contribution in [-0.4, -0.2) is 29.9 Å². The molecule has 0 aromatic heterocycles. The topological polar surface area (TPSA) is 58.6 Å². The summed E-state index contributed by atoms with van der Waals surface area (Å²) >= 11 is 0. The third-order valence-electron chi connectivity index (χ3n) is 4.83. The first kappa shape index (κ1) is 19.0. The molecule has 5 nitrogen and oxygen atoms in total. The van der Waals surface area contributed by atoms with Gasteiger partial charge in [-0.15, -0.1) is 0 Å². The van der Waals surface area contributed by atoms with Gasteiger partial charge in [0.25, 0.3) is 5.91 Å². The maximum atomic E-state index is 13.0. The first-order valence-corrected chi connectivity index (χ1v) is 9.45. The van der Waals surface area contributed by atoms with Crippen LogP contribution in [0.25, 0.3) is 0 Å². The summed E-state index contributed by atoms with van der Waals surface area (Å²) in [6.45, 7) is 5.34. The summed E-state index contributed by atoms with van der Waals surface area (Å²) in [4.78, 5) is 26.0. The second-order valence-electron chi connectivity index (χ2n) is 6.77. The number of nitrogens with one attached hydrogen (secondary N) is 1. The largest absolute Gasteiger partial charge is 0.494 e. The van der Waals surface area contributed by atoms with Gasteiger partial charge in [0.05, 0.1) is 12.6 Å². The molecule has 2 amide bonds. The zero-order valence-corrected chi connectivity index (χ0v) is 15.9. The number of benzene rings is 2. The van der Waals surface area contributed by atoms with Gasteiger partial charge < -0.3 is 15.0 Å². The van der Waals surface area contributed by atoms with Gasteiger partial charge in [0, 0.05) is 25.6 Å². The first-order valence-electron chi connectivity index (χ1n) is 9.45. The molecule has 0 radical (unpaired) electrons. The highest BCUT2D eigenvalue weighted by Crippen LogP contribution is 2.34. The number of hydrogen-bond donors (Lipinski definition) is 1. The highest BCUT2D eigenvalue weighted by Gasteiger charge is 2.30. The van der Waals surface area contributed by atoms with Gasteiger partial charge in [-0.2, -0.15) is 0 Å².